The molecule has 1 heterocycles. The normalized spacial score (nSPS) is 16.6. The van der Waals surface area contributed by atoms with Crippen LogP contribution in [0.3, 0.4) is 0 Å². The molecule has 0 aromatic carbocycles. The van der Waals surface area contributed by atoms with Crippen LogP contribution in [0.25, 0.3) is 0 Å². The predicted molar refractivity (Wildman–Crippen MR) is 73.3 cm³/mol. The minimum absolute atomic E-state index is 0.00204. The molecular weight excluding hydrogens is 262 g/mol. The number of carbonyl (C=O) groups excluding carboxylic acids is 2. The third kappa shape index (κ3) is 3.18. The minimum Gasteiger partial charge on any atom is -0.338 e. The molecule has 104 valence electrons. The number of amides is 1. The second-order valence-electron chi connectivity index (χ2n) is 4.98. The zero-order valence-electron chi connectivity index (χ0n) is 11.4. The van der Waals surface area contributed by atoms with E-state index in [4.69, 9.17) is 0 Å². The summed E-state index contributed by atoms with van der Waals surface area (Å²) in [5.74, 6) is 0.307. The van der Waals surface area contributed by atoms with E-state index in [9.17, 15) is 9.59 Å². The van der Waals surface area contributed by atoms with Gasteiger partial charge in [-0.2, -0.15) is 0 Å². The molecule has 1 aliphatic carbocycles. The van der Waals surface area contributed by atoms with Crippen LogP contribution in [0.15, 0.2) is 0 Å². The molecule has 1 aromatic heterocycles. The standard InChI is InChI=1S/C13H19N3O2S/c1-3-4-11-12(19-15-14-11)13(18)16(2)9-5-7-10(17)8-6-9/h9H,3-8H2,1-2H3. The maximum atomic E-state index is 12.5. The fourth-order valence-corrected chi connectivity index (χ4v) is 3.10. The van der Waals surface area contributed by atoms with Gasteiger partial charge in [-0.05, 0) is 30.8 Å². The van der Waals surface area contributed by atoms with Gasteiger partial charge in [0.1, 0.15) is 10.7 Å². The minimum atomic E-state index is -0.00204. The van der Waals surface area contributed by atoms with Gasteiger partial charge in [0.2, 0.25) is 0 Å². The van der Waals surface area contributed by atoms with Gasteiger partial charge >= 0.3 is 0 Å². The molecule has 1 amide bonds. The van der Waals surface area contributed by atoms with Crippen LogP contribution in [0.5, 0.6) is 0 Å². The van der Waals surface area contributed by atoms with Gasteiger partial charge in [-0.3, -0.25) is 9.59 Å². The van der Waals surface area contributed by atoms with E-state index in [-0.39, 0.29) is 11.9 Å². The number of nitrogens with zero attached hydrogens (tertiary/aromatic N) is 3. The highest BCUT2D eigenvalue weighted by atomic mass is 32.1. The number of aryl methyl sites for hydroxylation is 1. The van der Waals surface area contributed by atoms with Crippen molar-refractivity contribution in [1.29, 1.82) is 0 Å². The van der Waals surface area contributed by atoms with Gasteiger partial charge in [-0.15, -0.1) is 5.10 Å². The second-order valence-corrected chi connectivity index (χ2v) is 5.74. The molecule has 19 heavy (non-hydrogen) atoms. The lowest BCUT2D eigenvalue weighted by molar-refractivity contribution is -0.121. The third-order valence-electron chi connectivity index (χ3n) is 3.62. The molecular formula is C13H19N3O2S. The summed E-state index contributed by atoms with van der Waals surface area (Å²) in [5.41, 5.74) is 0.802. The zero-order chi connectivity index (χ0) is 13.8. The highest BCUT2D eigenvalue weighted by Gasteiger charge is 2.28. The van der Waals surface area contributed by atoms with Crippen molar-refractivity contribution < 1.29 is 9.59 Å². The summed E-state index contributed by atoms with van der Waals surface area (Å²) in [6, 6.07) is 0.168. The zero-order valence-corrected chi connectivity index (χ0v) is 12.2. The molecule has 0 atom stereocenters. The van der Waals surface area contributed by atoms with Gasteiger partial charge < -0.3 is 4.90 Å². The fraction of sp³-hybridized carbons (Fsp3) is 0.692. The first-order valence-electron chi connectivity index (χ1n) is 6.73. The second kappa shape index (κ2) is 6.23. The van der Waals surface area contributed by atoms with Crippen molar-refractivity contribution in [2.75, 3.05) is 7.05 Å². The van der Waals surface area contributed by atoms with Crippen molar-refractivity contribution in [3.05, 3.63) is 10.6 Å². The molecule has 0 N–H and O–H groups in total. The van der Waals surface area contributed by atoms with Crippen molar-refractivity contribution in [2.24, 2.45) is 0 Å². The molecule has 1 fully saturated rings. The van der Waals surface area contributed by atoms with Crippen molar-refractivity contribution in [3.63, 3.8) is 0 Å². The highest BCUT2D eigenvalue weighted by Crippen LogP contribution is 2.23. The fourth-order valence-electron chi connectivity index (χ4n) is 2.41. The summed E-state index contributed by atoms with van der Waals surface area (Å²) in [6.07, 6.45) is 4.46. The maximum Gasteiger partial charge on any atom is 0.267 e. The van der Waals surface area contributed by atoms with Gasteiger partial charge in [0, 0.05) is 25.9 Å². The number of rotatable bonds is 4. The molecule has 0 bridgehead atoms. The Morgan fingerprint density at radius 3 is 2.74 bits per heavy atom. The third-order valence-corrected chi connectivity index (χ3v) is 4.37. The van der Waals surface area contributed by atoms with Crippen LogP contribution < -0.4 is 0 Å². The van der Waals surface area contributed by atoms with E-state index in [0.29, 0.717) is 23.5 Å². The average molecular weight is 281 g/mol. The van der Waals surface area contributed by atoms with Crippen LogP contribution in [0, 0.1) is 0 Å². The summed E-state index contributed by atoms with van der Waals surface area (Å²) < 4.78 is 3.89. The van der Waals surface area contributed by atoms with Crippen LogP contribution in [-0.4, -0.2) is 39.3 Å². The van der Waals surface area contributed by atoms with E-state index in [1.807, 2.05) is 7.05 Å². The van der Waals surface area contributed by atoms with E-state index >= 15 is 0 Å². The van der Waals surface area contributed by atoms with Crippen LogP contribution in [0.2, 0.25) is 0 Å². The highest BCUT2D eigenvalue weighted by molar-refractivity contribution is 7.08. The van der Waals surface area contributed by atoms with Crippen LogP contribution in [0.1, 0.15) is 54.4 Å². The van der Waals surface area contributed by atoms with Crippen LogP contribution in [0.4, 0.5) is 0 Å². The van der Waals surface area contributed by atoms with E-state index in [1.165, 1.54) is 11.5 Å². The van der Waals surface area contributed by atoms with Gasteiger partial charge in [-0.1, -0.05) is 17.8 Å². The largest absolute Gasteiger partial charge is 0.338 e. The molecule has 0 spiro atoms. The maximum absolute atomic E-state index is 12.5. The lowest BCUT2D eigenvalue weighted by Crippen LogP contribution is -2.39. The number of hydrogen-bond donors (Lipinski definition) is 0. The monoisotopic (exact) mass is 281 g/mol. The molecule has 1 aliphatic rings. The quantitative estimate of drug-likeness (QED) is 0.847. The molecule has 0 unspecified atom stereocenters. The SMILES string of the molecule is CCCc1nnsc1C(=O)N(C)C1CCC(=O)CC1. The summed E-state index contributed by atoms with van der Waals surface area (Å²) in [6.45, 7) is 2.06. The Morgan fingerprint density at radius 1 is 1.42 bits per heavy atom. The Balaban J connectivity index is 2.06. The molecule has 0 radical (unpaired) electrons. The van der Waals surface area contributed by atoms with E-state index < -0.39 is 0 Å². The molecule has 1 aromatic rings. The predicted octanol–water partition coefficient (Wildman–Crippen LogP) is 2.07. The lowest BCUT2D eigenvalue weighted by Gasteiger charge is -2.30. The molecule has 1 saturated carbocycles. The van der Waals surface area contributed by atoms with E-state index in [1.54, 1.807) is 4.90 Å². The Bertz CT molecular complexity index is 462. The first kappa shape index (κ1) is 14.1. The number of ketones is 1. The van der Waals surface area contributed by atoms with Gasteiger partial charge in [0.25, 0.3) is 5.91 Å². The molecule has 0 saturated heterocycles. The Kier molecular flexibility index (Phi) is 4.63. The van der Waals surface area contributed by atoms with Crippen molar-refractivity contribution >= 4 is 23.2 Å². The molecule has 5 nitrogen and oxygen atoms in total. The Morgan fingerprint density at radius 2 is 2.11 bits per heavy atom. The Hall–Kier alpha value is -1.30. The summed E-state index contributed by atoms with van der Waals surface area (Å²) in [4.78, 5) is 26.1. The van der Waals surface area contributed by atoms with Crippen molar-refractivity contribution in [2.45, 2.75) is 51.5 Å². The molecule has 0 aliphatic heterocycles. The number of aromatic nitrogens is 2. The Labute approximate surface area is 117 Å². The molecule has 2 rings (SSSR count). The summed E-state index contributed by atoms with van der Waals surface area (Å²) in [7, 11) is 1.82. The van der Waals surface area contributed by atoms with E-state index in [2.05, 4.69) is 16.5 Å². The van der Waals surface area contributed by atoms with Gasteiger partial charge in [0.05, 0.1) is 5.69 Å². The number of Topliss-reactive ketones (excluding diaryl/α,β-unsaturated/α-hetero) is 1. The smallest absolute Gasteiger partial charge is 0.267 e. The van der Waals surface area contributed by atoms with E-state index in [0.717, 1.165) is 31.4 Å². The van der Waals surface area contributed by atoms with Crippen LogP contribution >= 0.6 is 11.5 Å². The number of hydrogen-bond acceptors (Lipinski definition) is 5. The van der Waals surface area contributed by atoms with Crippen molar-refractivity contribution in [1.82, 2.24) is 14.5 Å². The average Bonchev–Trinajstić information content (AvgIpc) is 2.87. The molecule has 6 heteroatoms. The first-order valence-corrected chi connectivity index (χ1v) is 7.51. The lowest BCUT2D eigenvalue weighted by atomic mass is 9.93. The topological polar surface area (TPSA) is 63.2 Å². The van der Waals surface area contributed by atoms with Gasteiger partial charge in [0.15, 0.2) is 0 Å². The van der Waals surface area contributed by atoms with Crippen molar-refractivity contribution in [3.8, 4) is 0 Å². The first-order chi connectivity index (χ1) is 9.13. The van der Waals surface area contributed by atoms with Gasteiger partial charge in [-0.25, -0.2) is 0 Å². The number of carbonyl (C=O) groups is 2. The summed E-state index contributed by atoms with van der Waals surface area (Å²) in [5, 5.41) is 4.03. The summed E-state index contributed by atoms with van der Waals surface area (Å²) >= 11 is 1.17. The van der Waals surface area contributed by atoms with Crippen LogP contribution in [-0.2, 0) is 11.2 Å².